The van der Waals surface area contributed by atoms with Crippen LogP contribution in [0.5, 0.6) is 0 Å². The summed E-state index contributed by atoms with van der Waals surface area (Å²) in [5.41, 5.74) is 5.34. The van der Waals surface area contributed by atoms with Crippen molar-refractivity contribution in [2.75, 3.05) is 26.4 Å². The first kappa shape index (κ1) is 55.5. The van der Waals surface area contributed by atoms with Gasteiger partial charge >= 0.3 is 19.8 Å². The Morgan fingerprint density at radius 1 is 0.526 bits per heavy atom. The van der Waals surface area contributed by atoms with Gasteiger partial charge in [0.25, 0.3) is 0 Å². The predicted octanol–water partition coefficient (Wildman–Crippen LogP) is 13.9. The Hall–Kier alpha value is -1.51. The molecule has 0 saturated carbocycles. The number of unbranched alkanes of at least 4 members (excludes halogenated alkanes) is 28. The minimum absolute atomic E-state index is 0.0557. The highest BCUT2D eigenvalue weighted by atomic mass is 31.2. The summed E-state index contributed by atoms with van der Waals surface area (Å²) in [6, 6.07) is 0. The number of hydrogen-bond donors (Lipinski definition) is 2. The van der Waals surface area contributed by atoms with Gasteiger partial charge < -0.3 is 20.1 Å². The minimum atomic E-state index is -4.37. The van der Waals surface area contributed by atoms with E-state index in [1.165, 1.54) is 161 Å². The van der Waals surface area contributed by atoms with Gasteiger partial charge in [0, 0.05) is 19.4 Å². The van der Waals surface area contributed by atoms with Gasteiger partial charge in [-0.25, -0.2) is 4.57 Å². The first-order valence-electron chi connectivity index (χ1n) is 23.8. The van der Waals surface area contributed by atoms with Gasteiger partial charge in [-0.05, 0) is 44.9 Å². The summed E-state index contributed by atoms with van der Waals surface area (Å²) in [4.78, 5) is 34.7. The van der Waals surface area contributed by atoms with Crippen LogP contribution in [0, 0.1) is 0 Å². The number of hydrogen-bond acceptors (Lipinski definition) is 8. The van der Waals surface area contributed by atoms with E-state index in [1.807, 2.05) is 0 Å². The van der Waals surface area contributed by atoms with E-state index in [4.69, 9.17) is 24.3 Å². The van der Waals surface area contributed by atoms with Crippen molar-refractivity contribution in [1.29, 1.82) is 0 Å². The number of phosphoric ester groups is 1. The molecule has 0 spiro atoms. The number of phosphoric acid groups is 1. The fourth-order valence-corrected chi connectivity index (χ4v) is 7.55. The average molecular weight is 828 g/mol. The molecule has 0 radical (unpaired) electrons. The van der Waals surface area contributed by atoms with Gasteiger partial charge in [0.2, 0.25) is 0 Å². The molecular weight excluding hydrogens is 737 g/mol. The topological polar surface area (TPSA) is 134 Å². The van der Waals surface area contributed by atoms with Crippen molar-refractivity contribution < 1.29 is 37.6 Å². The average Bonchev–Trinajstić information content (AvgIpc) is 3.20. The lowest BCUT2D eigenvalue weighted by Crippen LogP contribution is -2.29. The Labute approximate surface area is 351 Å². The molecule has 0 aromatic carbocycles. The summed E-state index contributed by atoms with van der Waals surface area (Å²) in [5.74, 6) is -0.826. The first-order chi connectivity index (χ1) is 27.8. The van der Waals surface area contributed by atoms with Crippen LogP contribution in [-0.4, -0.2) is 49.3 Å². The zero-order chi connectivity index (χ0) is 41.8. The zero-order valence-corrected chi connectivity index (χ0v) is 38.0. The van der Waals surface area contributed by atoms with E-state index in [1.54, 1.807) is 0 Å². The summed E-state index contributed by atoms with van der Waals surface area (Å²) < 4.78 is 32.7. The fraction of sp³-hybridized carbons (Fsp3) is 0.872. The highest BCUT2D eigenvalue weighted by Crippen LogP contribution is 2.43. The second-order valence-electron chi connectivity index (χ2n) is 16.0. The van der Waals surface area contributed by atoms with E-state index < -0.39 is 26.5 Å². The summed E-state index contributed by atoms with van der Waals surface area (Å²) in [6.45, 7) is 3.69. The summed E-state index contributed by atoms with van der Waals surface area (Å²) in [6.07, 6.45) is 48.3. The molecule has 0 saturated heterocycles. The highest BCUT2D eigenvalue weighted by molar-refractivity contribution is 7.47. The van der Waals surface area contributed by atoms with Crippen LogP contribution in [0.2, 0.25) is 0 Å². The van der Waals surface area contributed by atoms with Gasteiger partial charge in [-0.15, -0.1) is 0 Å². The molecule has 0 bridgehead atoms. The molecule has 3 N–H and O–H groups in total. The molecule has 0 aliphatic carbocycles. The Bertz CT molecular complexity index is 990. The molecule has 0 aromatic rings. The number of carbonyl (C=O) groups excluding carboxylic acids is 2. The van der Waals surface area contributed by atoms with E-state index in [9.17, 15) is 19.0 Å². The lowest BCUT2D eigenvalue weighted by Gasteiger charge is -2.19. The first-order valence-corrected chi connectivity index (χ1v) is 25.3. The van der Waals surface area contributed by atoms with Crippen LogP contribution in [0.25, 0.3) is 0 Å². The molecule has 0 heterocycles. The molecule has 0 aliphatic rings. The highest BCUT2D eigenvalue weighted by Gasteiger charge is 2.26. The van der Waals surface area contributed by atoms with Crippen molar-refractivity contribution in [3.8, 4) is 0 Å². The van der Waals surface area contributed by atoms with Gasteiger partial charge in [0.05, 0.1) is 13.2 Å². The Morgan fingerprint density at radius 2 is 0.912 bits per heavy atom. The maximum absolute atomic E-state index is 12.6. The van der Waals surface area contributed by atoms with Crippen molar-refractivity contribution in [3.05, 3.63) is 24.3 Å². The summed E-state index contributed by atoms with van der Waals surface area (Å²) >= 11 is 0. The lowest BCUT2D eigenvalue weighted by atomic mass is 10.0. The molecule has 57 heavy (non-hydrogen) atoms. The van der Waals surface area contributed by atoms with Crippen molar-refractivity contribution in [1.82, 2.24) is 0 Å². The van der Waals surface area contributed by atoms with E-state index in [-0.39, 0.29) is 38.6 Å². The van der Waals surface area contributed by atoms with Gasteiger partial charge in [-0.3, -0.25) is 18.6 Å². The predicted molar refractivity (Wildman–Crippen MR) is 238 cm³/mol. The number of carbonyl (C=O) groups is 2. The second-order valence-corrected chi connectivity index (χ2v) is 17.4. The van der Waals surface area contributed by atoms with Gasteiger partial charge in [0.1, 0.15) is 6.61 Å². The molecule has 0 aliphatic heterocycles. The third kappa shape index (κ3) is 43.9. The van der Waals surface area contributed by atoms with Crippen LogP contribution >= 0.6 is 7.82 Å². The SMILES string of the molecule is CCCCCCC/C=C\C/C=C\CCCCCCCCCCCCCCCCCCCC(=O)OC(COC(=O)CCCCCCCCC)COP(=O)(O)OCCN. The smallest absolute Gasteiger partial charge is 0.462 e. The van der Waals surface area contributed by atoms with Gasteiger partial charge in [0.15, 0.2) is 6.10 Å². The maximum atomic E-state index is 12.6. The van der Waals surface area contributed by atoms with E-state index in [0.29, 0.717) is 6.42 Å². The third-order valence-corrected chi connectivity index (χ3v) is 11.3. The van der Waals surface area contributed by atoms with Crippen LogP contribution in [0.3, 0.4) is 0 Å². The summed E-state index contributed by atoms with van der Waals surface area (Å²) in [7, 11) is -4.37. The molecule has 0 fully saturated rings. The van der Waals surface area contributed by atoms with Crippen LogP contribution in [0.4, 0.5) is 0 Å². The number of esters is 2. The van der Waals surface area contributed by atoms with Gasteiger partial charge in [-0.2, -0.15) is 0 Å². The third-order valence-electron chi connectivity index (χ3n) is 10.3. The van der Waals surface area contributed by atoms with Crippen molar-refractivity contribution in [2.45, 2.75) is 238 Å². The van der Waals surface area contributed by atoms with Crippen LogP contribution in [0.15, 0.2) is 24.3 Å². The minimum Gasteiger partial charge on any atom is -0.462 e. The number of nitrogens with two attached hydrogens (primary N) is 1. The standard InChI is InChI=1S/C47H90NO8P/c1-3-5-7-9-11-12-13-14-15-16-17-18-19-20-21-22-23-24-25-26-27-28-29-30-31-32-34-36-38-40-47(50)56-45(44-55-57(51,52)54-42-41-48)43-53-46(49)39-37-35-33-10-8-6-4-2/h13-14,16-17,45H,3-12,15,18-44,48H2,1-2H3,(H,51,52)/b14-13-,17-16-. The van der Waals surface area contributed by atoms with Crippen LogP contribution < -0.4 is 5.73 Å². The van der Waals surface area contributed by atoms with Crippen LogP contribution in [0.1, 0.15) is 232 Å². The molecular formula is C47H90NO8P. The molecule has 2 atom stereocenters. The molecule has 9 nitrogen and oxygen atoms in total. The Kier molecular flexibility index (Phi) is 42.9. The zero-order valence-electron chi connectivity index (χ0n) is 37.1. The lowest BCUT2D eigenvalue weighted by molar-refractivity contribution is -0.161. The van der Waals surface area contributed by atoms with E-state index >= 15 is 0 Å². The quantitative estimate of drug-likeness (QED) is 0.0266. The van der Waals surface area contributed by atoms with E-state index in [0.717, 1.165) is 38.5 Å². The molecule has 0 rings (SSSR count). The Balaban J connectivity index is 3.83. The van der Waals surface area contributed by atoms with Gasteiger partial charge in [-0.1, -0.05) is 199 Å². The molecule has 10 heteroatoms. The maximum Gasteiger partial charge on any atom is 0.472 e. The Morgan fingerprint density at radius 3 is 1.33 bits per heavy atom. The number of ether oxygens (including phenoxy) is 2. The number of rotatable bonds is 45. The molecule has 336 valence electrons. The van der Waals surface area contributed by atoms with Crippen LogP contribution in [-0.2, 0) is 32.7 Å². The molecule has 0 aromatic heterocycles. The number of allylic oxidation sites excluding steroid dienone is 4. The van der Waals surface area contributed by atoms with Crippen molar-refractivity contribution >= 4 is 19.8 Å². The fourth-order valence-electron chi connectivity index (χ4n) is 6.78. The second kappa shape index (κ2) is 44.1. The molecule has 2 unspecified atom stereocenters. The van der Waals surface area contributed by atoms with Crippen molar-refractivity contribution in [3.63, 3.8) is 0 Å². The monoisotopic (exact) mass is 828 g/mol. The van der Waals surface area contributed by atoms with E-state index in [2.05, 4.69) is 38.2 Å². The van der Waals surface area contributed by atoms with Crippen molar-refractivity contribution in [2.24, 2.45) is 5.73 Å². The molecule has 0 amide bonds. The normalized spacial score (nSPS) is 13.4. The largest absolute Gasteiger partial charge is 0.472 e. The summed E-state index contributed by atoms with van der Waals surface area (Å²) in [5, 5.41) is 0.